The highest BCUT2D eigenvalue weighted by Crippen LogP contribution is 2.37. The van der Waals surface area contributed by atoms with Gasteiger partial charge in [-0.15, -0.1) is 0 Å². The topological polar surface area (TPSA) is 389 Å². The molecule has 5 heterocycles. The molecule has 0 aromatic rings. The minimum absolute atomic E-state index is 0.0632. The first-order valence-electron chi connectivity index (χ1n) is 18.6. The molecule has 336 valence electrons. The maximum Gasteiger partial charge on any atom is 0.397 e. The van der Waals surface area contributed by atoms with Gasteiger partial charge in [-0.3, -0.25) is 9.35 Å². The highest BCUT2D eigenvalue weighted by molar-refractivity contribution is 7.80. The predicted octanol–water partition coefficient (Wildman–Crippen LogP) is -5.51. The van der Waals surface area contributed by atoms with Crippen molar-refractivity contribution < 1.29 is 105 Å². The third-order valence-corrected chi connectivity index (χ3v) is 11.5. The van der Waals surface area contributed by atoms with Crippen molar-refractivity contribution in [3.05, 3.63) is 0 Å². The summed E-state index contributed by atoms with van der Waals surface area (Å²) in [7, 11) is -5.32. The van der Waals surface area contributed by atoms with Crippen LogP contribution in [-0.4, -0.2) is 197 Å². The Morgan fingerprint density at radius 3 is 1.86 bits per heavy atom. The predicted molar refractivity (Wildman–Crippen MR) is 184 cm³/mol. The van der Waals surface area contributed by atoms with Gasteiger partial charge in [-0.2, -0.15) is 8.42 Å². The molecular formula is C32H55N3O22S. The lowest BCUT2D eigenvalue weighted by Crippen LogP contribution is -2.66. The maximum atomic E-state index is 12.3. The smallest absolute Gasteiger partial charge is 0.397 e. The average Bonchev–Trinajstić information content (AvgIpc) is 3.14. The van der Waals surface area contributed by atoms with E-state index in [1.165, 1.54) is 27.7 Å². The number of rotatable bonds is 13. The molecule has 8 unspecified atom stereocenters. The molecule has 0 aliphatic carbocycles. The van der Waals surface area contributed by atoms with Crippen molar-refractivity contribution in [2.24, 2.45) is 23.1 Å². The zero-order chi connectivity index (χ0) is 43.1. The van der Waals surface area contributed by atoms with Gasteiger partial charge in [0.25, 0.3) is 6.47 Å². The van der Waals surface area contributed by atoms with Crippen molar-refractivity contribution in [2.45, 2.75) is 182 Å². The molecule has 0 amide bonds. The highest BCUT2D eigenvalue weighted by Gasteiger charge is 2.56. The largest absolute Gasteiger partial charge is 0.479 e. The van der Waals surface area contributed by atoms with Crippen LogP contribution in [0.2, 0.25) is 0 Å². The van der Waals surface area contributed by atoms with Gasteiger partial charge in [-0.05, 0) is 34.1 Å². The van der Waals surface area contributed by atoms with Gasteiger partial charge in [-0.1, -0.05) is 6.92 Å². The fraction of sp³-hybridized carbons (Fsp3) is 0.938. The van der Waals surface area contributed by atoms with Crippen molar-refractivity contribution in [3.8, 4) is 0 Å². The summed E-state index contributed by atoms with van der Waals surface area (Å²) >= 11 is 0. The number of aliphatic carboxylic acids is 1. The second-order valence-electron chi connectivity index (χ2n) is 15.2. The van der Waals surface area contributed by atoms with Crippen LogP contribution in [0.3, 0.4) is 0 Å². The van der Waals surface area contributed by atoms with Crippen molar-refractivity contribution in [2.75, 3.05) is 0 Å². The maximum absolute atomic E-state index is 12.3. The third kappa shape index (κ3) is 10.2. The molecule has 13 N–H and O–H groups in total. The summed E-state index contributed by atoms with van der Waals surface area (Å²) in [5, 5.41) is 63.8. The lowest BCUT2D eigenvalue weighted by atomic mass is 9.91. The van der Waals surface area contributed by atoms with Crippen LogP contribution in [0.5, 0.6) is 0 Å². The number of ether oxygens (including phenoxy) is 10. The summed E-state index contributed by atoms with van der Waals surface area (Å²) in [4.78, 5) is 23.9. The van der Waals surface area contributed by atoms with E-state index in [2.05, 4.69) is 0 Å². The van der Waals surface area contributed by atoms with E-state index < -0.39 is 163 Å². The van der Waals surface area contributed by atoms with Gasteiger partial charge in [0.15, 0.2) is 43.5 Å². The molecule has 58 heavy (non-hydrogen) atoms. The number of hydrogen-bond donors (Lipinski definition) is 10. The summed E-state index contributed by atoms with van der Waals surface area (Å²) < 4.78 is 95.1. The molecule has 0 saturated carbocycles. The molecule has 0 radical (unpaired) electrons. The Morgan fingerprint density at radius 2 is 1.24 bits per heavy atom. The second-order valence-corrected chi connectivity index (χ2v) is 16.2. The summed E-state index contributed by atoms with van der Waals surface area (Å²) in [5.74, 6) is -2.50. The first-order chi connectivity index (χ1) is 27.0. The fourth-order valence-corrected chi connectivity index (χ4v) is 7.99. The van der Waals surface area contributed by atoms with Crippen LogP contribution in [0.4, 0.5) is 0 Å². The first kappa shape index (κ1) is 47.2. The van der Waals surface area contributed by atoms with E-state index in [1.807, 2.05) is 0 Å². The zero-order valence-corrected chi connectivity index (χ0v) is 32.9. The van der Waals surface area contributed by atoms with E-state index in [1.54, 1.807) is 6.92 Å². The van der Waals surface area contributed by atoms with Crippen LogP contribution in [0, 0.1) is 5.92 Å². The lowest BCUT2D eigenvalue weighted by molar-refractivity contribution is -0.382. The molecule has 0 bridgehead atoms. The molecule has 26 heteroatoms. The minimum atomic E-state index is -5.32. The minimum Gasteiger partial charge on any atom is -0.479 e. The van der Waals surface area contributed by atoms with Crippen LogP contribution >= 0.6 is 0 Å². The summed E-state index contributed by atoms with van der Waals surface area (Å²) in [6.07, 6.45) is -29.0. The Balaban J connectivity index is 1.26. The van der Waals surface area contributed by atoms with E-state index in [9.17, 15) is 53.2 Å². The quantitative estimate of drug-likeness (QED) is 0.0610. The molecule has 24 atom stereocenters. The van der Waals surface area contributed by atoms with Crippen molar-refractivity contribution in [1.82, 2.24) is 0 Å². The van der Waals surface area contributed by atoms with Gasteiger partial charge in [-0.25, -0.2) is 8.98 Å². The van der Waals surface area contributed by atoms with E-state index in [-0.39, 0.29) is 12.9 Å². The monoisotopic (exact) mass is 865 g/mol. The first-order valence-corrected chi connectivity index (χ1v) is 19.9. The van der Waals surface area contributed by atoms with Crippen molar-refractivity contribution in [1.29, 1.82) is 0 Å². The molecule has 0 aromatic heterocycles. The third-order valence-electron chi connectivity index (χ3n) is 11.0. The van der Waals surface area contributed by atoms with Crippen molar-refractivity contribution >= 4 is 22.8 Å². The van der Waals surface area contributed by atoms with E-state index in [0.29, 0.717) is 0 Å². The Hall–Kier alpha value is -1.87. The number of hydrogen-bond acceptors (Lipinski definition) is 23. The Bertz CT molecular complexity index is 1500. The molecule has 0 spiro atoms. The number of carbonyl (C=O) groups excluding carboxylic acids is 1. The molecule has 5 fully saturated rings. The SMILES string of the molecule is CC1O[C@H](O[C@@H]2C(OC=O)O[C@@H](O[C@@H]3C(C)O[C@H](C)C(N)[C@H]3O)C(OS(=O)(=O)O)[C@H]2O)C(N)C[C@@H]1O[C@@H]1O[C@@H](C(=O)O)[C@@H](O[C@H]2O[C@@H](C)[C@@H](O)[C@H](O)C2N)[C@H](O)C1C. The van der Waals surface area contributed by atoms with Crippen molar-refractivity contribution in [3.63, 3.8) is 0 Å². The number of aliphatic hydroxyl groups excluding tert-OH is 5. The van der Waals surface area contributed by atoms with Gasteiger partial charge in [0.2, 0.25) is 6.29 Å². The van der Waals surface area contributed by atoms with Crippen LogP contribution in [-0.2, 0) is 71.5 Å². The van der Waals surface area contributed by atoms with Crippen LogP contribution in [0.25, 0.3) is 0 Å². The molecular weight excluding hydrogens is 810 g/mol. The summed E-state index contributed by atoms with van der Waals surface area (Å²) in [6.45, 7) is 7.51. The molecule has 0 aromatic carbocycles. The van der Waals surface area contributed by atoms with Gasteiger partial charge in [0.05, 0.1) is 54.7 Å². The molecule has 5 aliphatic heterocycles. The Kier molecular flexibility index (Phi) is 15.5. The number of nitrogens with two attached hydrogens (primary N) is 3. The normalized spacial score (nSPS) is 50.5. The second kappa shape index (κ2) is 19.0. The fourth-order valence-electron chi connectivity index (χ4n) is 7.50. The molecule has 5 saturated heterocycles. The summed E-state index contributed by atoms with van der Waals surface area (Å²) in [6, 6.07) is -3.39. The number of carbonyl (C=O) groups is 2. The average molecular weight is 866 g/mol. The van der Waals surface area contributed by atoms with E-state index in [0.717, 1.165) is 0 Å². The number of aliphatic hydroxyl groups is 5. The van der Waals surface area contributed by atoms with Crippen LogP contribution in [0.15, 0.2) is 0 Å². The van der Waals surface area contributed by atoms with Gasteiger partial charge in [0, 0.05) is 5.92 Å². The van der Waals surface area contributed by atoms with Crippen LogP contribution < -0.4 is 17.2 Å². The van der Waals surface area contributed by atoms with E-state index >= 15 is 0 Å². The number of carboxylic acids is 1. The van der Waals surface area contributed by atoms with Gasteiger partial charge in [0.1, 0.15) is 36.6 Å². The summed E-state index contributed by atoms with van der Waals surface area (Å²) in [5.41, 5.74) is 18.4. The van der Waals surface area contributed by atoms with E-state index in [4.69, 9.17) is 68.8 Å². The van der Waals surface area contributed by atoms with Crippen LogP contribution in [0.1, 0.15) is 41.0 Å². The standard InChI is InChI=1S/C32H55N3O22S/c1-8-17(37)23(53-30-16(35)19(39)18(38)11(4)50-30)26(27(42)43)55-28(8)51-14-6-13(33)29(49-9(14)2)54-24-21(41)25(57-58(44,45)46)32(56-31(24)47-7-36)52-22-12(5)48-10(3)15(34)20(22)40/h7-26,28-32,37-41H,6,33-35H2,1-5H3,(H,42,43)(H,44,45,46)/t8?,9?,10-,11+,12?,13?,14+,15?,16?,17-,18-,19-,20-,21+,22-,23+,24+,25?,26-,28-,29-,30-,31?,32-/m1/s1. The Labute approximate surface area is 332 Å². The number of carboxylic acid groups (broad SMARTS) is 1. The molecule has 5 aliphatic rings. The highest BCUT2D eigenvalue weighted by atomic mass is 32.3. The van der Waals surface area contributed by atoms with Gasteiger partial charge < -0.3 is 95.2 Å². The lowest BCUT2D eigenvalue weighted by Gasteiger charge is -2.48. The molecule has 5 rings (SSSR count). The molecule has 25 nitrogen and oxygen atoms in total. The van der Waals surface area contributed by atoms with Gasteiger partial charge >= 0.3 is 16.4 Å². The zero-order valence-electron chi connectivity index (χ0n) is 32.0. The Morgan fingerprint density at radius 1 is 0.621 bits per heavy atom.